The topological polar surface area (TPSA) is 29.1 Å². The molecule has 0 bridgehead atoms. The van der Waals surface area contributed by atoms with Crippen molar-refractivity contribution in [2.24, 2.45) is 0 Å². The molecule has 0 radical (unpaired) electrons. The fraction of sp³-hybridized carbons (Fsp3) is 0.312. The molecule has 1 aromatic heterocycles. The second-order valence-electron chi connectivity index (χ2n) is 4.88. The molecule has 0 spiro atoms. The van der Waals surface area contributed by atoms with E-state index < -0.39 is 0 Å². The Kier molecular flexibility index (Phi) is 5.80. The van der Waals surface area contributed by atoms with E-state index in [-0.39, 0.29) is 11.9 Å². The van der Waals surface area contributed by atoms with E-state index in [4.69, 9.17) is 0 Å². The maximum atomic E-state index is 11.9. The van der Waals surface area contributed by atoms with Gasteiger partial charge in [-0.2, -0.15) is 0 Å². The minimum absolute atomic E-state index is 0.128. The summed E-state index contributed by atoms with van der Waals surface area (Å²) in [4.78, 5) is 13.1. The van der Waals surface area contributed by atoms with Gasteiger partial charge in [-0.15, -0.1) is 11.3 Å². The highest BCUT2D eigenvalue weighted by atomic mass is 79.9. The fourth-order valence-electron chi connectivity index (χ4n) is 2.06. The van der Waals surface area contributed by atoms with Crippen LogP contribution in [0.3, 0.4) is 0 Å². The van der Waals surface area contributed by atoms with E-state index in [1.54, 1.807) is 11.3 Å². The molecule has 4 heteroatoms. The third kappa shape index (κ3) is 5.10. The molecule has 0 aliphatic heterocycles. The molecule has 2 rings (SSSR count). The van der Waals surface area contributed by atoms with Crippen molar-refractivity contribution in [1.82, 2.24) is 5.32 Å². The average molecular weight is 352 g/mol. The van der Waals surface area contributed by atoms with Gasteiger partial charge in [-0.05, 0) is 48.9 Å². The second-order valence-corrected chi connectivity index (χ2v) is 6.83. The molecule has 1 heterocycles. The molecule has 20 heavy (non-hydrogen) atoms. The second kappa shape index (κ2) is 7.60. The lowest BCUT2D eigenvalue weighted by Crippen LogP contribution is -2.34. The lowest BCUT2D eigenvalue weighted by molar-refractivity contribution is -0.121. The SMILES string of the molecule is CC(Cc1ccc(Br)cc1)NC(=O)CCc1cccs1. The summed E-state index contributed by atoms with van der Waals surface area (Å²) in [6.07, 6.45) is 2.25. The summed E-state index contributed by atoms with van der Waals surface area (Å²) in [6, 6.07) is 12.5. The molecular weight excluding hydrogens is 334 g/mol. The lowest BCUT2D eigenvalue weighted by Gasteiger charge is -2.14. The molecule has 0 fully saturated rings. The number of rotatable bonds is 6. The van der Waals surface area contributed by atoms with Gasteiger partial charge in [0, 0.05) is 21.8 Å². The standard InChI is InChI=1S/C16H18BrNOS/c1-12(11-13-4-6-14(17)7-5-13)18-16(19)9-8-15-3-2-10-20-15/h2-7,10,12H,8-9,11H2,1H3,(H,18,19). The lowest BCUT2D eigenvalue weighted by atomic mass is 10.1. The highest BCUT2D eigenvalue weighted by Gasteiger charge is 2.08. The van der Waals surface area contributed by atoms with Crippen LogP contribution in [0.4, 0.5) is 0 Å². The van der Waals surface area contributed by atoms with Crippen LogP contribution in [0.15, 0.2) is 46.3 Å². The Labute approximate surface area is 132 Å². The van der Waals surface area contributed by atoms with Crippen molar-refractivity contribution in [3.8, 4) is 0 Å². The first-order valence-electron chi connectivity index (χ1n) is 6.69. The molecular formula is C16H18BrNOS. The van der Waals surface area contributed by atoms with Gasteiger partial charge in [0.05, 0.1) is 0 Å². The molecule has 0 saturated heterocycles. The van der Waals surface area contributed by atoms with E-state index in [9.17, 15) is 4.79 Å². The van der Waals surface area contributed by atoms with Crippen LogP contribution in [-0.4, -0.2) is 11.9 Å². The number of benzene rings is 1. The summed E-state index contributed by atoms with van der Waals surface area (Å²) in [5.74, 6) is 0.128. The van der Waals surface area contributed by atoms with Crippen molar-refractivity contribution in [3.05, 3.63) is 56.7 Å². The number of carbonyl (C=O) groups is 1. The third-order valence-corrected chi connectivity index (χ3v) is 4.51. The van der Waals surface area contributed by atoms with Crippen molar-refractivity contribution in [1.29, 1.82) is 0 Å². The van der Waals surface area contributed by atoms with E-state index in [0.29, 0.717) is 6.42 Å². The monoisotopic (exact) mass is 351 g/mol. The Morgan fingerprint density at radius 1 is 1.30 bits per heavy atom. The normalized spacial score (nSPS) is 12.1. The minimum atomic E-state index is 0.128. The Balaban J connectivity index is 1.74. The van der Waals surface area contributed by atoms with Gasteiger partial charge >= 0.3 is 0 Å². The van der Waals surface area contributed by atoms with E-state index >= 15 is 0 Å². The number of amides is 1. The van der Waals surface area contributed by atoms with Crippen LogP contribution < -0.4 is 5.32 Å². The number of nitrogens with one attached hydrogen (secondary N) is 1. The molecule has 2 nitrogen and oxygen atoms in total. The van der Waals surface area contributed by atoms with Crippen LogP contribution in [0.1, 0.15) is 23.8 Å². The van der Waals surface area contributed by atoms with E-state index in [2.05, 4.69) is 39.4 Å². The van der Waals surface area contributed by atoms with Crippen LogP contribution in [0.2, 0.25) is 0 Å². The van der Waals surface area contributed by atoms with E-state index in [1.807, 2.05) is 30.5 Å². The Bertz CT molecular complexity index is 536. The van der Waals surface area contributed by atoms with Crippen molar-refractivity contribution in [2.45, 2.75) is 32.2 Å². The van der Waals surface area contributed by atoms with E-state index in [0.717, 1.165) is 17.3 Å². The Morgan fingerprint density at radius 3 is 2.70 bits per heavy atom. The highest BCUT2D eigenvalue weighted by molar-refractivity contribution is 9.10. The first kappa shape index (κ1) is 15.3. The third-order valence-electron chi connectivity index (χ3n) is 3.04. The number of aryl methyl sites for hydroxylation is 1. The van der Waals surface area contributed by atoms with Crippen LogP contribution in [0.5, 0.6) is 0 Å². The molecule has 1 N–H and O–H groups in total. The number of carbonyl (C=O) groups excluding carboxylic acids is 1. The fourth-order valence-corrected chi connectivity index (χ4v) is 3.04. The number of hydrogen-bond acceptors (Lipinski definition) is 2. The van der Waals surface area contributed by atoms with E-state index in [1.165, 1.54) is 10.4 Å². The van der Waals surface area contributed by atoms with Crippen LogP contribution in [0.25, 0.3) is 0 Å². The predicted molar refractivity (Wildman–Crippen MR) is 88.1 cm³/mol. The summed E-state index contributed by atoms with van der Waals surface area (Å²) < 4.78 is 1.08. The first-order valence-corrected chi connectivity index (χ1v) is 8.37. The molecule has 0 saturated carbocycles. The van der Waals surface area contributed by atoms with Gasteiger partial charge < -0.3 is 5.32 Å². The average Bonchev–Trinajstić information content (AvgIpc) is 2.92. The van der Waals surface area contributed by atoms with Gasteiger partial charge in [0.2, 0.25) is 5.91 Å². The largest absolute Gasteiger partial charge is 0.353 e. The molecule has 0 aliphatic carbocycles. The number of thiophene rings is 1. The molecule has 1 amide bonds. The highest BCUT2D eigenvalue weighted by Crippen LogP contribution is 2.13. The van der Waals surface area contributed by atoms with Gasteiger partial charge in [-0.1, -0.05) is 34.1 Å². The summed E-state index contributed by atoms with van der Waals surface area (Å²) in [5.41, 5.74) is 1.24. The Morgan fingerprint density at radius 2 is 2.05 bits per heavy atom. The molecule has 1 atom stereocenters. The summed E-state index contributed by atoms with van der Waals surface area (Å²) in [6.45, 7) is 2.05. The zero-order chi connectivity index (χ0) is 14.4. The first-order chi connectivity index (χ1) is 9.63. The number of halogens is 1. The summed E-state index contributed by atoms with van der Waals surface area (Å²) in [5, 5.41) is 5.10. The Hall–Kier alpha value is -1.13. The van der Waals surface area contributed by atoms with Crippen molar-refractivity contribution < 1.29 is 4.79 Å². The molecule has 1 unspecified atom stereocenters. The molecule has 2 aromatic rings. The van der Waals surface area contributed by atoms with Crippen LogP contribution in [-0.2, 0) is 17.6 Å². The van der Waals surface area contributed by atoms with Crippen LogP contribution >= 0.6 is 27.3 Å². The van der Waals surface area contributed by atoms with Gasteiger partial charge in [-0.25, -0.2) is 0 Å². The summed E-state index contributed by atoms with van der Waals surface area (Å²) >= 11 is 5.13. The van der Waals surface area contributed by atoms with Crippen LogP contribution in [0, 0.1) is 0 Å². The zero-order valence-electron chi connectivity index (χ0n) is 11.4. The smallest absolute Gasteiger partial charge is 0.220 e. The maximum Gasteiger partial charge on any atom is 0.220 e. The van der Waals surface area contributed by atoms with Crippen molar-refractivity contribution in [2.75, 3.05) is 0 Å². The predicted octanol–water partition coefficient (Wildman–Crippen LogP) is 4.19. The minimum Gasteiger partial charge on any atom is -0.353 e. The molecule has 1 aromatic carbocycles. The van der Waals surface area contributed by atoms with Gasteiger partial charge in [0.25, 0.3) is 0 Å². The quantitative estimate of drug-likeness (QED) is 0.830. The zero-order valence-corrected chi connectivity index (χ0v) is 13.8. The van der Waals surface area contributed by atoms with Crippen molar-refractivity contribution >= 4 is 33.2 Å². The van der Waals surface area contributed by atoms with Gasteiger partial charge in [0.15, 0.2) is 0 Å². The number of hydrogen-bond donors (Lipinski definition) is 1. The van der Waals surface area contributed by atoms with Gasteiger partial charge in [-0.3, -0.25) is 4.79 Å². The summed E-state index contributed by atoms with van der Waals surface area (Å²) in [7, 11) is 0. The van der Waals surface area contributed by atoms with Crippen molar-refractivity contribution in [3.63, 3.8) is 0 Å². The molecule has 0 aliphatic rings. The van der Waals surface area contributed by atoms with Gasteiger partial charge in [0.1, 0.15) is 0 Å². The maximum absolute atomic E-state index is 11.9. The molecule has 106 valence electrons.